The average molecular weight is 214 g/mol. The van der Waals surface area contributed by atoms with E-state index in [2.05, 4.69) is 26.8 Å². The molecule has 14 heavy (non-hydrogen) atoms. The number of hydrogen-bond acceptors (Lipinski definition) is 4. The first-order chi connectivity index (χ1) is 6.84. The van der Waals surface area contributed by atoms with Crippen molar-refractivity contribution in [1.29, 1.82) is 0 Å². The Hall–Kier alpha value is -1.04. The summed E-state index contributed by atoms with van der Waals surface area (Å²) in [5, 5.41) is 8.87. The molecule has 0 atom stereocenters. The van der Waals surface area contributed by atoms with E-state index in [-0.39, 0.29) is 11.7 Å². The van der Waals surface area contributed by atoms with E-state index in [9.17, 15) is 4.79 Å². The number of H-pyrrole nitrogens is 1. The fourth-order valence-electron chi connectivity index (χ4n) is 0.972. The van der Waals surface area contributed by atoms with Gasteiger partial charge in [0.1, 0.15) is 6.33 Å². The van der Waals surface area contributed by atoms with Gasteiger partial charge in [-0.25, -0.2) is 4.98 Å². The third-order valence-electron chi connectivity index (χ3n) is 1.69. The van der Waals surface area contributed by atoms with Crippen LogP contribution < -0.4 is 5.32 Å². The minimum absolute atomic E-state index is 0.188. The number of nitrogens with zero attached hydrogens (tertiary/aromatic N) is 2. The number of carbonyl (C=O) groups excluding carboxylic acids is 1. The van der Waals surface area contributed by atoms with E-state index in [1.165, 1.54) is 6.33 Å². The zero-order valence-electron chi connectivity index (χ0n) is 8.12. The highest BCUT2D eigenvalue weighted by atomic mass is 32.2. The van der Waals surface area contributed by atoms with E-state index in [0.717, 1.165) is 18.6 Å². The van der Waals surface area contributed by atoms with Gasteiger partial charge in [0.2, 0.25) is 5.82 Å². The van der Waals surface area contributed by atoms with Crippen LogP contribution in [0.2, 0.25) is 0 Å². The molecule has 0 bridgehead atoms. The average Bonchev–Trinajstić information content (AvgIpc) is 2.70. The van der Waals surface area contributed by atoms with Gasteiger partial charge in [-0.2, -0.15) is 16.9 Å². The van der Waals surface area contributed by atoms with Gasteiger partial charge in [-0.05, 0) is 24.9 Å². The van der Waals surface area contributed by atoms with Crippen molar-refractivity contribution in [2.75, 3.05) is 18.6 Å². The summed E-state index contributed by atoms with van der Waals surface area (Å²) in [5.74, 6) is 1.22. The molecule has 1 heterocycles. The maximum atomic E-state index is 11.3. The van der Waals surface area contributed by atoms with Crippen molar-refractivity contribution in [3.8, 4) is 0 Å². The standard InChI is InChI=1S/C8H14N4OS/c1-14-5-3-2-4-9-8(13)7-10-6-11-12-7/h6H,2-5H2,1H3,(H,9,13)(H,10,11,12). The van der Waals surface area contributed by atoms with Crippen LogP contribution in [0.5, 0.6) is 0 Å². The highest BCUT2D eigenvalue weighted by molar-refractivity contribution is 7.98. The third-order valence-corrected chi connectivity index (χ3v) is 2.39. The van der Waals surface area contributed by atoms with Crippen LogP contribution in [0.15, 0.2) is 6.33 Å². The molecule has 1 aromatic heterocycles. The Morgan fingerprint density at radius 3 is 3.14 bits per heavy atom. The molecule has 0 saturated carbocycles. The van der Waals surface area contributed by atoms with Gasteiger partial charge in [0.15, 0.2) is 0 Å². The quantitative estimate of drug-likeness (QED) is 0.683. The molecular formula is C8H14N4OS. The molecule has 0 unspecified atom stereocenters. The lowest BCUT2D eigenvalue weighted by Gasteiger charge is -2.01. The number of nitrogens with one attached hydrogen (secondary N) is 2. The molecule has 0 aromatic carbocycles. The van der Waals surface area contributed by atoms with E-state index in [1.54, 1.807) is 0 Å². The number of aromatic amines is 1. The van der Waals surface area contributed by atoms with Crippen molar-refractivity contribution in [2.24, 2.45) is 0 Å². The summed E-state index contributed by atoms with van der Waals surface area (Å²) in [6.45, 7) is 0.695. The van der Waals surface area contributed by atoms with Crippen molar-refractivity contribution < 1.29 is 4.79 Å². The van der Waals surface area contributed by atoms with Crippen molar-refractivity contribution in [3.63, 3.8) is 0 Å². The van der Waals surface area contributed by atoms with Gasteiger partial charge in [-0.1, -0.05) is 0 Å². The molecule has 5 nitrogen and oxygen atoms in total. The molecule has 1 aromatic rings. The molecule has 0 aliphatic carbocycles. The zero-order chi connectivity index (χ0) is 10.2. The molecule has 0 radical (unpaired) electrons. The van der Waals surface area contributed by atoms with Crippen molar-refractivity contribution in [3.05, 3.63) is 12.2 Å². The van der Waals surface area contributed by atoms with Gasteiger partial charge in [-0.15, -0.1) is 0 Å². The molecule has 0 saturated heterocycles. The van der Waals surface area contributed by atoms with Crippen molar-refractivity contribution in [2.45, 2.75) is 12.8 Å². The molecule has 1 rings (SSSR count). The molecule has 1 amide bonds. The van der Waals surface area contributed by atoms with Crippen molar-refractivity contribution >= 4 is 17.7 Å². The van der Waals surface area contributed by atoms with E-state index in [0.29, 0.717) is 6.54 Å². The number of carbonyl (C=O) groups is 1. The lowest BCUT2D eigenvalue weighted by Crippen LogP contribution is -2.25. The summed E-state index contributed by atoms with van der Waals surface area (Å²) in [6, 6.07) is 0. The second-order valence-corrected chi connectivity index (χ2v) is 3.78. The summed E-state index contributed by atoms with van der Waals surface area (Å²) in [4.78, 5) is 15.0. The Kier molecular flexibility index (Phi) is 5.06. The van der Waals surface area contributed by atoms with Gasteiger partial charge in [0, 0.05) is 6.54 Å². The van der Waals surface area contributed by atoms with Crippen LogP contribution in [0, 0.1) is 0 Å². The number of amides is 1. The van der Waals surface area contributed by atoms with E-state index >= 15 is 0 Å². The largest absolute Gasteiger partial charge is 0.349 e. The topological polar surface area (TPSA) is 70.7 Å². The minimum Gasteiger partial charge on any atom is -0.349 e. The Morgan fingerprint density at radius 1 is 1.64 bits per heavy atom. The van der Waals surface area contributed by atoms with Gasteiger partial charge in [-0.3, -0.25) is 9.89 Å². The van der Waals surface area contributed by atoms with E-state index in [1.807, 2.05) is 11.8 Å². The van der Waals surface area contributed by atoms with Crippen LogP contribution in [0.25, 0.3) is 0 Å². The summed E-state index contributed by atoms with van der Waals surface area (Å²) >= 11 is 1.82. The van der Waals surface area contributed by atoms with Crippen LogP contribution in [0.1, 0.15) is 23.5 Å². The molecule has 0 fully saturated rings. The van der Waals surface area contributed by atoms with E-state index in [4.69, 9.17) is 0 Å². The fraction of sp³-hybridized carbons (Fsp3) is 0.625. The van der Waals surface area contributed by atoms with Crippen LogP contribution in [0.3, 0.4) is 0 Å². The van der Waals surface area contributed by atoms with Crippen LogP contribution >= 0.6 is 11.8 Å². The predicted octanol–water partition coefficient (Wildman–Crippen LogP) is 0.678. The second kappa shape index (κ2) is 6.42. The highest BCUT2D eigenvalue weighted by Crippen LogP contribution is 1.98. The zero-order valence-corrected chi connectivity index (χ0v) is 8.93. The Balaban J connectivity index is 2.10. The number of rotatable bonds is 6. The maximum absolute atomic E-state index is 11.3. The van der Waals surface area contributed by atoms with Gasteiger partial charge in [0.25, 0.3) is 5.91 Å². The highest BCUT2D eigenvalue weighted by Gasteiger charge is 2.06. The summed E-state index contributed by atoms with van der Waals surface area (Å²) in [5.41, 5.74) is 0. The van der Waals surface area contributed by atoms with E-state index < -0.39 is 0 Å². The van der Waals surface area contributed by atoms with Crippen LogP contribution in [0.4, 0.5) is 0 Å². The first kappa shape index (κ1) is 11.0. The van der Waals surface area contributed by atoms with Crippen LogP contribution in [-0.4, -0.2) is 39.6 Å². The number of hydrogen-bond donors (Lipinski definition) is 2. The first-order valence-corrected chi connectivity index (χ1v) is 5.86. The summed E-state index contributed by atoms with van der Waals surface area (Å²) in [6.07, 6.45) is 5.52. The smallest absolute Gasteiger partial charge is 0.288 e. The predicted molar refractivity (Wildman–Crippen MR) is 56.3 cm³/mol. The third kappa shape index (κ3) is 3.78. The number of thioether (sulfide) groups is 1. The molecule has 0 aliphatic heterocycles. The first-order valence-electron chi connectivity index (χ1n) is 4.47. The molecule has 0 aliphatic rings. The van der Waals surface area contributed by atoms with Crippen LogP contribution in [-0.2, 0) is 0 Å². The Bertz CT molecular complexity index is 262. The normalized spacial score (nSPS) is 10.1. The maximum Gasteiger partial charge on any atom is 0.288 e. The fourth-order valence-corrected chi connectivity index (χ4v) is 1.46. The molecule has 2 N–H and O–H groups in total. The summed E-state index contributed by atoms with van der Waals surface area (Å²) < 4.78 is 0. The second-order valence-electron chi connectivity index (χ2n) is 2.79. The van der Waals surface area contributed by atoms with Gasteiger partial charge < -0.3 is 5.32 Å². The van der Waals surface area contributed by atoms with Gasteiger partial charge in [0.05, 0.1) is 0 Å². The summed E-state index contributed by atoms with van der Waals surface area (Å²) in [7, 11) is 0. The lowest BCUT2D eigenvalue weighted by molar-refractivity contribution is 0.0943. The monoisotopic (exact) mass is 214 g/mol. The Morgan fingerprint density at radius 2 is 2.50 bits per heavy atom. The Labute approximate surface area is 87.1 Å². The SMILES string of the molecule is CSCCCCNC(=O)c1ncn[nH]1. The molecular weight excluding hydrogens is 200 g/mol. The number of aromatic nitrogens is 3. The van der Waals surface area contributed by atoms with Crippen molar-refractivity contribution in [1.82, 2.24) is 20.5 Å². The molecule has 78 valence electrons. The molecule has 6 heteroatoms. The molecule has 0 spiro atoms. The lowest BCUT2D eigenvalue weighted by atomic mass is 10.3. The number of unbranched alkanes of at least 4 members (excludes halogenated alkanes) is 1. The van der Waals surface area contributed by atoms with Gasteiger partial charge >= 0.3 is 0 Å². The minimum atomic E-state index is -0.188.